The molecule has 7 aliphatic carbocycles. The molecule has 8 atom stereocenters. The minimum absolute atomic E-state index is 0.100. The van der Waals surface area contributed by atoms with E-state index in [0.29, 0.717) is 91.3 Å². The van der Waals surface area contributed by atoms with Gasteiger partial charge in [-0.1, -0.05) is 0 Å². The molecule has 147 heavy (non-hydrogen) atoms. The number of benzene rings is 5. The van der Waals surface area contributed by atoms with E-state index < -0.39 is 0 Å². The molecule has 10 aromatic heterocycles. The minimum Gasteiger partial charge on any atom is -0.423 e. The fraction of sp³-hybridized carbons (Fsp3) is 0.312. The monoisotopic (exact) mass is 1980 g/mol. The molecule has 746 valence electrons. The van der Waals surface area contributed by atoms with Crippen molar-refractivity contribution in [1.29, 1.82) is 0 Å². The number of anilines is 9. The molecule has 7 saturated heterocycles. The van der Waals surface area contributed by atoms with Crippen LogP contribution in [0, 0.1) is 51.8 Å². The van der Waals surface area contributed by atoms with Crippen LogP contribution in [0.5, 0.6) is 58.8 Å². The Hall–Kier alpha value is -16.1. The summed E-state index contributed by atoms with van der Waals surface area (Å²) in [4.78, 5) is 76.4. The minimum atomic E-state index is -0.281. The number of nitrogens with zero attached hydrogens (tertiary/aromatic N) is 19. The molecule has 0 radical (unpaired) electrons. The summed E-state index contributed by atoms with van der Waals surface area (Å²) in [6.45, 7) is 8.15. The van der Waals surface area contributed by atoms with Gasteiger partial charge in [0.2, 0.25) is 0 Å². The van der Waals surface area contributed by atoms with Crippen molar-refractivity contribution in [2.24, 2.45) is 34.1 Å². The third-order valence-electron chi connectivity index (χ3n) is 30.5. The fourth-order valence-electron chi connectivity index (χ4n) is 23.4. The number of rotatable bonds is 20. The summed E-state index contributed by atoms with van der Waals surface area (Å²) in [7, 11) is 9.02. The predicted molar refractivity (Wildman–Crippen MR) is 548 cm³/mol. The van der Waals surface area contributed by atoms with Gasteiger partial charge in [-0.2, -0.15) is 44.9 Å². The number of nitrogens with one attached hydrogen (secondary N) is 7. The molecule has 2 saturated carbocycles. The van der Waals surface area contributed by atoms with Gasteiger partial charge in [0.25, 0.3) is 0 Å². The molecular weight excluding hydrogens is 1880 g/mol. The maximum atomic E-state index is 14.5. The summed E-state index contributed by atoms with van der Waals surface area (Å²) in [6, 6.07) is 35.8. The van der Waals surface area contributed by atoms with E-state index in [4.69, 9.17) is 70.0 Å². The van der Waals surface area contributed by atoms with E-state index in [0.717, 1.165) is 248 Å². The van der Waals surface area contributed by atoms with E-state index >= 15 is 0 Å². The van der Waals surface area contributed by atoms with Crippen LogP contribution in [0.3, 0.4) is 0 Å². The number of hydrogen-bond donors (Lipinski definition) is 9. The zero-order valence-corrected chi connectivity index (χ0v) is 81.3. The molecule has 4 bridgehead atoms. The normalized spacial score (nSPS) is 20.4. The van der Waals surface area contributed by atoms with Crippen molar-refractivity contribution in [3.8, 4) is 114 Å². The number of ether oxygens (including phenoxy) is 5. The van der Waals surface area contributed by atoms with Gasteiger partial charge in [-0.3, -0.25) is 30.2 Å². The van der Waals surface area contributed by atoms with Crippen LogP contribution in [0.25, 0.3) is 55.6 Å². The van der Waals surface area contributed by atoms with Gasteiger partial charge in [-0.05, 0) is 247 Å². The molecule has 0 amide bonds. The summed E-state index contributed by atoms with van der Waals surface area (Å²) in [5, 5.41) is 22.5. The third kappa shape index (κ3) is 17.9. The van der Waals surface area contributed by atoms with Gasteiger partial charge in [-0.25, -0.2) is 26.9 Å². The molecule has 1 spiro atoms. The van der Waals surface area contributed by atoms with E-state index in [1.807, 2.05) is 50.5 Å². The van der Waals surface area contributed by atoms with Gasteiger partial charge in [0.05, 0.1) is 65.6 Å². The third-order valence-corrected chi connectivity index (χ3v) is 30.5. The van der Waals surface area contributed by atoms with Crippen molar-refractivity contribution in [3.05, 3.63) is 275 Å². The number of halogens is 5. The maximum Gasteiger partial charge on any atom is 0.324 e. The molecule has 29 rings (SSSR count). The lowest BCUT2D eigenvalue weighted by Crippen LogP contribution is -2.47. The van der Waals surface area contributed by atoms with E-state index in [1.54, 1.807) is 144 Å². The van der Waals surface area contributed by atoms with Gasteiger partial charge in [0.15, 0.2) is 0 Å². The highest BCUT2D eigenvalue weighted by atomic mass is 19.1. The van der Waals surface area contributed by atoms with Crippen LogP contribution in [0.4, 0.5) is 73.7 Å². The average Bonchev–Trinajstić information content (AvgIpc) is 1.53. The van der Waals surface area contributed by atoms with Crippen molar-refractivity contribution in [1.82, 2.24) is 85.4 Å². The average molecular weight is 1980 g/mol. The Labute approximate surface area is 843 Å². The van der Waals surface area contributed by atoms with Gasteiger partial charge < -0.3 is 86.7 Å². The Morgan fingerprint density at radius 3 is 1.18 bits per heavy atom. The Morgan fingerprint density at radius 2 is 0.796 bits per heavy atom. The topological polar surface area (TPSA) is 389 Å². The van der Waals surface area contributed by atoms with Gasteiger partial charge >= 0.3 is 30.1 Å². The lowest BCUT2D eigenvalue weighted by Gasteiger charge is -2.32. The number of pyridine rings is 5. The quantitative estimate of drug-likeness (QED) is 0.0320. The van der Waals surface area contributed by atoms with Crippen LogP contribution in [0.2, 0.25) is 0 Å². The molecule has 8 unspecified atom stereocenters. The summed E-state index contributed by atoms with van der Waals surface area (Å²) in [5.74, 6) is 5.96. The molecule has 7 aliphatic heterocycles. The van der Waals surface area contributed by atoms with E-state index in [1.165, 1.54) is 43.2 Å². The van der Waals surface area contributed by atoms with E-state index in [9.17, 15) is 22.0 Å². The zero-order valence-electron chi connectivity index (χ0n) is 81.3. The second-order valence-electron chi connectivity index (χ2n) is 39.4. The Balaban J connectivity index is 0.0000000987. The number of hydrogen-bond acceptors (Lipinski definition) is 33. The van der Waals surface area contributed by atoms with Crippen molar-refractivity contribution in [3.63, 3.8) is 0 Å². The first-order valence-electron chi connectivity index (χ1n) is 49.7. The Kier molecular flexibility index (Phi) is 24.4. The summed E-state index contributed by atoms with van der Waals surface area (Å²) in [5.41, 5.74) is 35.1. The first kappa shape index (κ1) is 93.3. The molecule has 38 heteroatoms. The summed E-state index contributed by atoms with van der Waals surface area (Å²) < 4.78 is 101. The lowest BCUT2D eigenvalue weighted by atomic mass is 9.86. The van der Waals surface area contributed by atoms with Crippen molar-refractivity contribution in [2.75, 3.05) is 140 Å². The Bertz CT molecular complexity index is 7600. The standard InChI is InChI=1S/2C24H25FN6O.C23H23FN6O.C21H19FN6O.C17H13FN4O/c1-26-19-10-15(25)9-18-17(19)11-20-21(18)22(31-8-5-24(14-31)4-7-28-13-24)30-23(29-20)32-16-3-2-6-27-12-16;1-27-19-9-14(25)8-17-16(19)10-20-22(17)23(31-12-13-4-5-18(26)21(31)7-13)30-24(29-20)32-15-3-2-6-28-11-15;1-26-18-6-14(24)5-17-16(18)7-19-20(17)21(30-10-13-8-23(13,11-25)12-30)29-22(28-19)31-15-3-2-4-27-9-15;1-23-16-6-11(22)5-15-14(16)8-17-19(15)20(28-10-12-7-18(28)25-12)27-21(26-17)29-13-3-2-4-24-9-13;1-19-15-6-10(18)5-12-13(15)7-16-14(12)9-21-17(22-16)23-11-3-2-4-20-8-11/h2-3,6,9-10,12,26,28H,4-5,7-8,11,13-14H2,1H3;2-3,6,8-9,11,13,18,21,27H,4-5,7,10,12,26H2,1H3;2-6,9,13,26H,7-8,10-12,25H2,1H3;2-6,9,12,18,23,25H,7-8,10H2,1H3;2-6,8-9,19H,7H2,1H3. The first-order chi connectivity index (χ1) is 71.8. The van der Waals surface area contributed by atoms with Gasteiger partial charge in [0.1, 0.15) is 81.1 Å². The maximum absolute atomic E-state index is 14.5. The predicted octanol–water partition coefficient (Wildman–Crippen LogP) is 16.9. The second kappa shape index (κ2) is 38.5. The highest BCUT2D eigenvalue weighted by Crippen LogP contribution is 2.60. The largest absolute Gasteiger partial charge is 0.423 e. The van der Waals surface area contributed by atoms with E-state index in [-0.39, 0.29) is 82.2 Å². The smallest absolute Gasteiger partial charge is 0.324 e. The van der Waals surface area contributed by atoms with Crippen LogP contribution >= 0.6 is 0 Å². The molecular formula is C109H105F5N28O5. The molecule has 5 aromatic carbocycles. The van der Waals surface area contributed by atoms with Crippen molar-refractivity contribution < 1.29 is 45.6 Å². The van der Waals surface area contributed by atoms with Crippen molar-refractivity contribution in [2.45, 2.75) is 101 Å². The molecule has 9 fully saturated rings. The molecule has 33 nitrogen and oxygen atoms in total. The highest BCUT2D eigenvalue weighted by Gasteiger charge is 2.60. The SMILES string of the molecule is CNc1cc(F)cc2c1Cc1nc(Oc3cccnc3)nc(N3CC4CC3N4)c1-2.CNc1cc(F)cc2c1Cc1nc(Oc3cccnc3)nc(N3CC4CC4(CN)C3)c1-2.CNc1cc(F)cc2c1Cc1nc(Oc3cccnc3)nc(N3CC4CCC(N)C3C4)c1-2.CNc1cc(F)cc2c1Cc1nc(Oc3cccnc3)nc(N3CCC4(CCNC4)C3)c1-2.CNc1cc(F)cc2c1Cc1nc(Oc3cccnc3)ncc1-2. The number of nitrogens with two attached hydrogens (primary N) is 2. The lowest BCUT2D eigenvalue weighted by molar-refractivity contribution is 0.369. The second-order valence-corrected chi connectivity index (χ2v) is 39.4. The van der Waals surface area contributed by atoms with Crippen LogP contribution in [-0.4, -0.2) is 193 Å². The van der Waals surface area contributed by atoms with Crippen molar-refractivity contribution >= 4 is 51.7 Å². The van der Waals surface area contributed by atoms with Crippen LogP contribution in [0.15, 0.2) is 189 Å². The number of fused-ring (bicyclic) bond motifs is 19. The van der Waals surface area contributed by atoms with Crippen LogP contribution in [-0.2, 0) is 32.1 Å². The number of aromatic nitrogens is 15. The fourth-order valence-corrected chi connectivity index (χ4v) is 23.4. The summed E-state index contributed by atoms with van der Waals surface area (Å²) in [6.07, 6.45) is 29.3. The van der Waals surface area contributed by atoms with E-state index in [2.05, 4.69) is 96.7 Å². The number of piperidine rings is 1. The van der Waals surface area contributed by atoms with Gasteiger partial charge in [0, 0.05) is 236 Å². The molecule has 14 aliphatic rings. The van der Waals surface area contributed by atoms with Crippen LogP contribution in [0.1, 0.15) is 101 Å². The van der Waals surface area contributed by atoms with Crippen LogP contribution < -0.4 is 92.0 Å². The summed E-state index contributed by atoms with van der Waals surface area (Å²) >= 11 is 0. The zero-order chi connectivity index (χ0) is 100. The van der Waals surface area contributed by atoms with Gasteiger partial charge in [-0.15, -0.1) is 0 Å². The highest BCUT2D eigenvalue weighted by molar-refractivity contribution is 5.93. The molecule has 15 aromatic rings. The Morgan fingerprint density at radius 1 is 0.408 bits per heavy atom. The first-order valence-corrected chi connectivity index (χ1v) is 49.7. The molecule has 11 N–H and O–H groups in total. The molecule has 17 heterocycles.